The highest BCUT2D eigenvalue weighted by molar-refractivity contribution is 8.19. The number of benzene rings is 4. The lowest BCUT2D eigenvalue weighted by molar-refractivity contribution is -0.158. The molecular formula is C95H133N21O29S4. The molecule has 816 valence electrons. The first-order valence-corrected chi connectivity index (χ1v) is 53.7. The zero-order valence-electron chi connectivity index (χ0n) is 85.2. The highest BCUT2D eigenvalue weighted by Gasteiger charge is 2.38. The van der Waals surface area contributed by atoms with Gasteiger partial charge in [0.25, 0.3) is 21.9 Å². The first kappa shape index (κ1) is 119. The lowest BCUT2D eigenvalue weighted by Crippen LogP contribution is -2.57. The first-order valence-electron chi connectivity index (χ1n) is 47.5. The number of amides is 7. The second-order valence-corrected chi connectivity index (χ2v) is 45.4. The summed E-state index contributed by atoms with van der Waals surface area (Å²) in [6.45, 7) is 18.6. The van der Waals surface area contributed by atoms with Crippen molar-refractivity contribution in [1.82, 2.24) is 95.3 Å². The van der Waals surface area contributed by atoms with Crippen LogP contribution < -0.4 is 68.2 Å². The number of fused-ring (bicyclic) bond motifs is 2. The number of aromatic nitrogens is 6. The number of anilines is 2. The average Bonchev–Trinajstić information content (AvgIpc) is 1.17. The molecule has 1 aliphatic rings. The summed E-state index contributed by atoms with van der Waals surface area (Å²) in [5.74, 6) is -15.9. The molecule has 1 fully saturated rings. The SMILES string of the molecule is Cc1cc(C)c(S(=O)(=O)N[C@@H](CNC(=O)c2cn(CCNC(=O)[C@H](CS(=O)(=O)O)NC(=O)[C@H](CCC(=O)N[C@@H](CS(O)(O)O)C(=O)NCCCn3cc(C(=O)NC[C@H](NS(=O)(=O)c4c(C)cccc4C)C(=O)O)c(=O)c4ccc(CNc5ncc[nH]5)cc43)NC(=O)CN3CCN(CC(=O)OC(C)(C)C)CCN(CC(=O)OC(C)(C)C)CCN(CC(=O)OC(C)(C)C)CC3)c3cc(CNc4ncc[nH]4)ccc3c2=O)C(=O)O)c(C)c1. The van der Waals surface area contributed by atoms with E-state index in [9.17, 15) is 111 Å². The van der Waals surface area contributed by atoms with Crippen LogP contribution in [-0.4, -0.2) is 337 Å². The number of aliphatic carboxylic acids is 2. The number of nitrogens with one attached hydrogen (secondary N) is 13. The molecule has 5 atom stereocenters. The molecule has 0 saturated carbocycles. The molecule has 0 aliphatic carbocycles. The molecule has 0 unspecified atom stereocenters. The van der Waals surface area contributed by atoms with E-state index in [0.29, 0.717) is 45.3 Å². The van der Waals surface area contributed by atoms with E-state index in [1.165, 1.54) is 85.6 Å². The van der Waals surface area contributed by atoms with E-state index in [0.717, 1.165) is 18.0 Å². The van der Waals surface area contributed by atoms with Gasteiger partial charge in [0.05, 0.1) is 63.6 Å². The number of hydrogen-bond donors (Lipinski definition) is 19. The minimum atomic E-state index is -5.34. The highest BCUT2D eigenvalue weighted by atomic mass is 32.3. The third kappa shape index (κ3) is 38.1. The van der Waals surface area contributed by atoms with Gasteiger partial charge in [0.2, 0.25) is 60.4 Å². The number of carboxylic acids is 2. The Morgan fingerprint density at radius 1 is 0.450 bits per heavy atom. The second kappa shape index (κ2) is 52.3. The van der Waals surface area contributed by atoms with Gasteiger partial charge in [0.15, 0.2) is 11.9 Å². The number of carboxylic acid groups (broad SMARTS) is 2. The monoisotopic (exact) mass is 2160 g/mol. The molecule has 4 aromatic carbocycles. The Hall–Kier alpha value is -13.2. The topological polar surface area (TPSA) is 703 Å². The molecule has 0 radical (unpaired) electrons. The molecule has 0 bridgehead atoms. The van der Waals surface area contributed by atoms with Crippen molar-refractivity contribution in [2.45, 2.75) is 199 Å². The molecule has 1 aliphatic heterocycles. The van der Waals surface area contributed by atoms with Gasteiger partial charge in [-0.05, 0) is 167 Å². The van der Waals surface area contributed by atoms with Gasteiger partial charge in [-0.25, -0.2) is 26.8 Å². The van der Waals surface area contributed by atoms with Crippen LogP contribution in [0, 0.1) is 34.6 Å². The zero-order chi connectivity index (χ0) is 110. The van der Waals surface area contributed by atoms with Crippen LogP contribution in [0.2, 0.25) is 0 Å². The van der Waals surface area contributed by atoms with Gasteiger partial charge in [-0.2, -0.15) is 17.9 Å². The Morgan fingerprint density at radius 3 is 1.23 bits per heavy atom. The molecule has 1 saturated heterocycles. The van der Waals surface area contributed by atoms with E-state index >= 15 is 9.59 Å². The number of sulfonamides is 2. The maximum absolute atomic E-state index is 15.2. The Morgan fingerprint density at radius 2 is 0.839 bits per heavy atom. The van der Waals surface area contributed by atoms with Gasteiger partial charge in [-0.1, -0.05) is 48.0 Å². The van der Waals surface area contributed by atoms with Gasteiger partial charge in [0.1, 0.15) is 63.9 Å². The molecule has 19 N–H and O–H groups in total. The van der Waals surface area contributed by atoms with Crippen LogP contribution in [0.4, 0.5) is 11.9 Å². The Balaban J connectivity index is 1.00. The number of aromatic amines is 2. The molecule has 7 amide bonds. The summed E-state index contributed by atoms with van der Waals surface area (Å²) in [6.07, 6.45) is 6.38. The molecule has 8 aromatic rings. The van der Waals surface area contributed by atoms with Crippen LogP contribution in [0.1, 0.15) is 141 Å². The summed E-state index contributed by atoms with van der Waals surface area (Å²) >= 11 is 0. The minimum Gasteiger partial charge on any atom is -0.480 e. The average molecular weight is 2160 g/mol. The number of hydrogen-bond acceptors (Lipinski definition) is 34. The van der Waals surface area contributed by atoms with Crippen molar-refractivity contribution in [3.8, 4) is 0 Å². The molecule has 9 rings (SSSR count). The van der Waals surface area contributed by atoms with Crippen molar-refractivity contribution in [2.75, 3.05) is 127 Å². The summed E-state index contributed by atoms with van der Waals surface area (Å²) in [7, 11) is -19.2. The number of pyridine rings is 2. The number of aryl methyl sites for hydroxylation is 6. The summed E-state index contributed by atoms with van der Waals surface area (Å²) in [6, 6.07) is 6.40. The summed E-state index contributed by atoms with van der Waals surface area (Å²) in [5, 5.41) is 43.2. The van der Waals surface area contributed by atoms with Gasteiger partial charge >= 0.3 is 29.8 Å². The normalized spacial score (nSPS) is 14.9. The maximum Gasteiger partial charge on any atom is 0.323 e. The van der Waals surface area contributed by atoms with Crippen molar-refractivity contribution in [3.05, 3.63) is 174 Å². The third-order valence-electron chi connectivity index (χ3n) is 22.9. The van der Waals surface area contributed by atoms with E-state index in [-0.39, 0.29) is 136 Å². The molecule has 54 heteroatoms. The predicted molar refractivity (Wildman–Crippen MR) is 549 cm³/mol. The number of H-pyrrole nitrogens is 2. The van der Waals surface area contributed by atoms with Crippen LogP contribution in [-0.2, 0) is 118 Å². The predicted octanol–water partition coefficient (Wildman–Crippen LogP) is 1.77. The summed E-state index contributed by atoms with van der Waals surface area (Å²) in [5.41, 5.74) is -2.36. The number of nitrogens with zero attached hydrogens (tertiary/aromatic N) is 8. The van der Waals surface area contributed by atoms with Gasteiger partial charge < -0.3 is 105 Å². The van der Waals surface area contributed by atoms with Crippen molar-refractivity contribution in [3.63, 3.8) is 0 Å². The number of carbonyl (C=O) groups excluding carboxylic acids is 10. The largest absolute Gasteiger partial charge is 0.480 e. The summed E-state index contributed by atoms with van der Waals surface area (Å²) < 4.78 is 147. The highest BCUT2D eigenvalue weighted by Crippen LogP contribution is 2.34. The number of esters is 3. The zero-order valence-corrected chi connectivity index (χ0v) is 88.4. The smallest absolute Gasteiger partial charge is 0.323 e. The number of ether oxygens (including phenoxy) is 3. The van der Waals surface area contributed by atoms with E-state index in [4.69, 9.17) is 14.2 Å². The van der Waals surface area contributed by atoms with Gasteiger partial charge in [-0.15, -0.1) is 0 Å². The molecule has 149 heavy (non-hydrogen) atoms. The summed E-state index contributed by atoms with van der Waals surface area (Å²) in [4.78, 5) is 218. The van der Waals surface area contributed by atoms with Crippen LogP contribution >= 0.6 is 10.9 Å². The molecule has 5 heterocycles. The Kier molecular flexibility index (Phi) is 41.9. The fourth-order valence-corrected chi connectivity index (χ4v) is 21.0. The molecule has 4 aromatic heterocycles. The van der Waals surface area contributed by atoms with Gasteiger partial charge in [0, 0.05) is 159 Å². The lowest BCUT2D eigenvalue weighted by Gasteiger charge is -2.34. The Bertz CT molecular complexity index is 6590. The number of imidazole rings is 2. The molecular weight excluding hydrogens is 2030 g/mol. The van der Waals surface area contributed by atoms with Crippen LogP contribution in [0.15, 0.2) is 123 Å². The fourth-order valence-electron chi connectivity index (χ4n) is 16.3. The lowest BCUT2D eigenvalue weighted by atomic mass is 10.1. The van der Waals surface area contributed by atoms with Crippen LogP contribution in [0.3, 0.4) is 0 Å². The standard InChI is InChI=1S/C95H133N21O29S4/c1-57-41-60(4)83(61(5)42-57)149(141,142)110-70(90(131)132)48-103-85(125)67-50-116(74-44-63(20-22-65(74)81(67)123)46-105-92-100-28-29-101-92)32-30-97-87(127)72(56-147(136,137)138)108-88(128)68(106-76(118)51-111-33-35-112(52-77(119)143-93(6,7)8)37-39-114(54-79(121)145-95(12,13)14)40-38-113(36-34-111)53-78(120)144-94(9,10)11)23-24-75(117)107-71(55-146(133,134)135)86(126)96-25-16-31-115-49-66(80(122)64-21-19-62(43-73(64)115)45-104-91-98-26-27-99-91)84(124)102-47-69(89(129)130)109-148(139,140)82-58(2)17-15-18-59(82)3/h15,17-22,26-29,41-44,49-50,68-72,109-110,133-135H,16,23-25,30-40,45-48,51-56H2,1-14H3,(H,96,126)(H,97,127)(H,102,124)(H,103,125)(H,106,118)(H,107,117)(H,108,128)(H,129,130)(H,131,132)(H2,98,99,104)(H2,100,101,105)(H,136,137,138)/t68-,69-,70-,71-,72-/m0/s1. The maximum atomic E-state index is 15.2. The third-order valence-corrected chi connectivity index (χ3v) is 28.0. The van der Waals surface area contributed by atoms with E-state index < -0.39 is 238 Å². The van der Waals surface area contributed by atoms with E-state index in [1.807, 2.05) is 0 Å². The quantitative estimate of drug-likeness (QED) is 0.0112. The van der Waals surface area contributed by atoms with E-state index in [2.05, 4.69) is 77.2 Å². The molecule has 50 nitrogen and oxygen atoms in total. The minimum absolute atomic E-state index is 0.00506. The first-order chi connectivity index (χ1) is 69.5. The van der Waals surface area contributed by atoms with Gasteiger partial charge in [-0.3, -0.25) is 91.3 Å². The van der Waals surface area contributed by atoms with Crippen molar-refractivity contribution < 1.29 is 125 Å². The van der Waals surface area contributed by atoms with Crippen LogP contribution in [0.5, 0.6) is 0 Å². The van der Waals surface area contributed by atoms with Crippen LogP contribution in [0.25, 0.3) is 21.8 Å². The fraction of sp³-hybridized carbons (Fsp3) is 0.495. The van der Waals surface area contributed by atoms with Crippen molar-refractivity contribution in [1.29, 1.82) is 0 Å². The van der Waals surface area contributed by atoms with Crippen molar-refractivity contribution >= 4 is 146 Å². The number of carbonyl (C=O) groups is 12. The molecule has 0 spiro atoms. The Labute approximate surface area is 862 Å². The number of rotatable bonds is 48. The van der Waals surface area contributed by atoms with Crippen molar-refractivity contribution in [2.24, 2.45) is 0 Å². The second-order valence-electron chi connectivity index (χ2n) is 39.0. The van der Waals surface area contributed by atoms with E-state index in [1.54, 1.807) is 132 Å².